The molecule has 2 aromatic rings. The number of hydrogen-bond acceptors (Lipinski definition) is 4. The van der Waals surface area contributed by atoms with Gasteiger partial charge in [-0.3, -0.25) is 0 Å². The SMILES string of the molecule is Cc1cc(OC2CCN(C(=O)Nc3ccc(C)c(C)c3)CC2)nc(C)n1. The molecule has 6 heteroatoms. The Morgan fingerprint density at radius 2 is 1.81 bits per heavy atom. The first kappa shape index (κ1) is 18.2. The van der Waals surface area contributed by atoms with Crippen LogP contribution in [0.2, 0.25) is 0 Å². The number of carbonyl (C=O) groups is 1. The lowest BCUT2D eigenvalue weighted by molar-refractivity contribution is 0.111. The Balaban J connectivity index is 1.52. The van der Waals surface area contributed by atoms with Crippen molar-refractivity contribution in [1.82, 2.24) is 14.9 Å². The molecule has 0 unspecified atom stereocenters. The van der Waals surface area contributed by atoms with Crippen molar-refractivity contribution >= 4 is 11.7 Å². The third-order valence-electron chi connectivity index (χ3n) is 4.72. The molecule has 1 aromatic heterocycles. The predicted molar refractivity (Wildman–Crippen MR) is 102 cm³/mol. The topological polar surface area (TPSA) is 67.3 Å². The standard InChI is InChI=1S/C20H26N4O2/c1-13-5-6-17(11-14(13)2)23-20(25)24-9-7-18(8-10-24)26-19-12-15(3)21-16(4)22-19/h5-6,11-12,18H,7-10H2,1-4H3,(H,23,25). The number of benzene rings is 1. The largest absolute Gasteiger partial charge is 0.474 e. The van der Waals surface area contributed by atoms with E-state index in [1.54, 1.807) is 0 Å². The fourth-order valence-corrected chi connectivity index (χ4v) is 3.11. The summed E-state index contributed by atoms with van der Waals surface area (Å²) in [5, 5.41) is 2.98. The van der Waals surface area contributed by atoms with Gasteiger partial charge in [0.25, 0.3) is 0 Å². The average molecular weight is 354 g/mol. The number of aryl methyl sites for hydroxylation is 4. The van der Waals surface area contributed by atoms with Crippen LogP contribution in [0, 0.1) is 27.7 Å². The summed E-state index contributed by atoms with van der Waals surface area (Å²) in [7, 11) is 0. The van der Waals surface area contributed by atoms with Crippen molar-refractivity contribution in [2.45, 2.75) is 46.6 Å². The molecule has 3 rings (SSSR count). The highest BCUT2D eigenvalue weighted by Gasteiger charge is 2.24. The average Bonchev–Trinajstić information content (AvgIpc) is 2.58. The molecule has 1 saturated heterocycles. The summed E-state index contributed by atoms with van der Waals surface area (Å²) in [4.78, 5) is 22.9. The molecule has 0 spiro atoms. The highest BCUT2D eigenvalue weighted by atomic mass is 16.5. The molecular formula is C20H26N4O2. The highest BCUT2D eigenvalue weighted by molar-refractivity contribution is 5.89. The summed E-state index contributed by atoms with van der Waals surface area (Å²) >= 11 is 0. The molecule has 0 saturated carbocycles. The zero-order chi connectivity index (χ0) is 18.7. The van der Waals surface area contributed by atoms with Crippen molar-refractivity contribution in [1.29, 1.82) is 0 Å². The second kappa shape index (κ2) is 7.72. The number of aromatic nitrogens is 2. The van der Waals surface area contributed by atoms with E-state index in [1.165, 1.54) is 11.1 Å². The van der Waals surface area contributed by atoms with Crippen molar-refractivity contribution in [3.8, 4) is 5.88 Å². The second-order valence-electron chi connectivity index (χ2n) is 6.93. The summed E-state index contributed by atoms with van der Waals surface area (Å²) in [6.45, 7) is 9.24. The number of nitrogens with one attached hydrogen (secondary N) is 1. The van der Waals surface area contributed by atoms with E-state index >= 15 is 0 Å². The van der Waals surface area contributed by atoms with E-state index in [-0.39, 0.29) is 12.1 Å². The number of ether oxygens (including phenoxy) is 1. The lowest BCUT2D eigenvalue weighted by Gasteiger charge is -2.32. The maximum absolute atomic E-state index is 12.5. The van der Waals surface area contributed by atoms with Gasteiger partial charge in [0, 0.05) is 43.4 Å². The van der Waals surface area contributed by atoms with E-state index in [1.807, 2.05) is 49.9 Å². The minimum Gasteiger partial charge on any atom is -0.474 e. The van der Waals surface area contributed by atoms with Crippen LogP contribution in [-0.2, 0) is 0 Å². The van der Waals surface area contributed by atoms with Gasteiger partial charge in [-0.2, -0.15) is 4.98 Å². The maximum Gasteiger partial charge on any atom is 0.321 e. The molecule has 1 aliphatic rings. The molecule has 1 aliphatic heterocycles. The van der Waals surface area contributed by atoms with E-state index in [4.69, 9.17) is 4.74 Å². The van der Waals surface area contributed by atoms with E-state index < -0.39 is 0 Å². The van der Waals surface area contributed by atoms with Gasteiger partial charge in [0.1, 0.15) is 11.9 Å². The summed E-state index contributed by atoms with van der Waals surface area (Å²) in [5.74, 6) is 1.33. The monoisotopic (exact) mass is 354 g/mol. The number of likely N-dealkylation sites (tertiary alicyclic amines) is 1. The molecule has 1 fully saturated rings. The number of amides is 2. The Kier molecular flexibility index (Phi) is 5.40. The summed E-state index contributed by atoms with van der Waals surface area (Å²) in [6.07, 6.45) is 1.67. The van der Waals surface area contributed by atoms with Gasteiger partial charge < -0.3 is 15.0 Å². The molecule has 26 heavy (non-hydrogen) atoms. The summed E-state index contributed by atoms with van der Waals surface area (Å²) in [6, 6.07) is 7.77. The Morgan fingerprint density at radius 3 is 2.46 bits per heavy atom. The molecule has 0 bridgehead atoms. The van der Waals surface area contributed by atoms with Gasteiger partial charge in [-0.05, 0) is 51.0 Å². The van der Waals surface area contributed by atoms with Gasteiger partial charge in [-0.1, -0.05) is 6.07 Å². The molecule has 0 radical (unpaired) electrons. The smallest absolute Gasteiger partial charge is 0.321 e. The number of anilines is 1. The van der Waals surface area contributed by atoms with Crippen LogP contribution in [-0.4, -0.2) is 40.1 Å². The number of hydrogen-bond donors (Lipinski definition) is 1. The fourth-order valence-electron chi connectivity index (χ4n) is 3.11. The lowest BCUT2D eigenvalue weighted by atomic mass is 10.1. The molecule has 2 heterocycles. The van der Waals surface area contributed by atoms with Crippen LogP contribution >= 0.6 is 0 Å². The van der Waals surface area contributed by atoms with Crippen LogP contribution in [0.3, 0.4) is 0 Å². The predicted octanol–water partition coefficient (Wildman–Crippen LogP) is 3.79. The number of carbonyl (C=O) groups excluding carboxylic acids is 1. The summed E-state index contributed by atoms with van der Waals surface area (Å²) in [5.41, 5.74) is 4.13. The number of rotatable bonds is 3. The number of nitrogens with zero attached hydrogens (tertiary/aromatic N) is 3. The van der Waals surface area contributed by atoms with Gasteiger partial charge in [0.2, 0.25) is 5.88 Å². The van der Waals surface area contributed by atoms with Crippen molar-refractivity contribution in [3.63, 3.8) is 0 Å². The van der Waals surface area contributed by atoms with Gasteiger partial charge >= 0.3 is 6.03 Å². The minimum atomic E-state index is -0.0552. The van der Waals surface area contributed by atoms with Crippen LogP contribution in [0.25, 0.3) is 0 Å². The van der Waals surface area contributed by atoms with Crippen LogP contribution < -0.4 is 10.1 Å². The molecule has 138 valence electrons. The summed E-state index contributed by atoms with van der Waals surface area (Å²) < 4.78 is 5.98. The normalized spacial score (nSPS) is 15.0. The first-order valence-electron chi connectivity index (χ1n) is 9.03. The zero-order valence-electron chi connectivity index (χ0n) is 15.9. The van der Waals surface area contributed by atoms with Gasteiger partial charge in [-0.15, -0.1) is 0 Å². The molecule has 2 amide bonds. The molecule has 1 N–H and O–H groups in total. The third-order valence-corrected chi connectivity index (χ3v) is 4.72. The molecule has 6 nitrogen and oxygen atoms in total. The zero-order valence-corrected chi connectivity index (χ0v) is 15.9. The molecular weight excluding hydrogens is 328 g/mol. The van der Waals surface area contributed by atoms with Crippen molar-refractivity contribution < 1.29 is 9.53 Å². The maximum atomic E-state index is 12.5. The molecule has 0 atom stereocenters. The fraction of sp³-hybridized carbons (Fsp3) is 0.450. The lowest BCUT2D eigenvalue weighted by Crippen LogP contribution is -2.43. The Hall–Kier alpha value is -2.63. The third kappa shape index (κ3) is 4.50. The Bertz CT molecular complexity index is 778. The van der Waals surface area contributed by atoms with E-state index in [0.29, 0.717) is 24.8 Å². The van der Waals surface area contributed by atoms with E-state index in [0.717, 1.165) is 24.2 Å². The van der Waals surface area contributed by atoms with Gasteiger partial charge in [0.05, 0.1) is 0 Å². The van der Waals surface area contributed by atoms with Crippen molar-refractivity contribution in [2.24, 2.45) is 0 Å². The second-order valence-corrected chi connectivity index (χ2v) is 6.93. The Morgan fingerprint density at radius 1 is 1.08 bits per heavy atom. The highest BCUT2D eigenvalue weighted by Crippen LogP contribution is 2.20. The quantitative estimate of drug-likeness (QED) is 0.911. The van der Waals surface area contributed by atoms with E-state index in [2.05, 4.69) is 22.2 Å². The first-order chi connectivity index (χ1) is 12.4. The van der Waals surface area contributed by atoms with Gasteiger partial charge in [0.15, 0.2) is 0 Å². The minimum absolute atomic E-state index is 0.0552. The molecule has 1 aromatic carbocycles. The van der Waals surface area contributed by atoms with Crippen molar-refractivity contribution in [2.75, 3.05) is 18.4 Å². The Labute approximate surface area is 154 Å². The van der Waals surface area contributed by atoms with Crippen LogP contribution in [0.5, 0.6) is 5.88 Å². The number of urea groups is 1. The number of piperidine rings is 1. The van der Waals surface area contributed by atoms with Gasteiger partial charge in [-0.25, -0.2) is 9.78 Å². The van der Waals surface area contributed by atoms with Crippen LogP contribution in [0.15, 0.2) is 24.3 Å². The van der Waals surface area contributed by atoms with Crippen molar-refractivity contribution in [3.05, 3.63) is 46.9 Å². The first-order valence-corrected chi connectivity index (χ1v) is 9.03. The van der Waals surface area contributed by atoms with E-state index in [9.17, 15) is 4.79 Å². The van der Waals surface area contributed by atoms with Crippen LogP contribution in [0.4, 0.5) is 10.5 Å². The van der Waals surface area contributed by atoms with Crippen LogP contribution in [0.1, 0.15) is 35.5 Å². The molecule has 0 aliphatic carbocycles.